The van der Waals surface area contributed by atoms with E-state index < -0.39 is 33.3 Å². The summed E-state index contributed by atoms with van der Waals surface area (Å²) in [6.07, 6.45) is 3.51. The van der Waals surface area contributed by atoms with Gasteiger partial charge >= 0.3 is 5.97 Å². The van der Waals surface area contributed by atoms with Crippen LogP contribution in [0.25, 0.3) is 22.3 Å². The van der Waals surface area contributed by atoms with Gasteiger partial charge in [0.1, 0.15) is 0 Å². The second kappa shape index (κ2) is 9.75. The second-order valence-electron chi connectivity index (χ2n) is 9.89. The number of nitrogens with one attached hydrogen (secondary N) is 1. The molecular formula is C26H26ClFN4O4S. The number of benzene rings is 1. The van der Waals surface area contributed by atoms with Crippen molar-refractivity contribution >= 4 is 44.3 Å². The number of carbonyl (C=O) groups is 1. The van der Waals surface area contributed by atoms with Crippen LogP contribution in [-0.2, 0) is 14.8 Å². The van der Waals surface area contributed by atoms with Gasteiger partial charge in [-0.3, -0.25) is 9.78 Å². The molecule has 37 heavy (non-hydrogen) atoms. The Labute approximate surface area is 219 Å². The molecule has 4 aromatic rings. The van der Waals surface area contributed by atoms with E-state index in [2.05, 4.69) is 15.3 Å². The number of carboxylic acids is 1. The fourth-order valence-corrected chi connectivity index (χ4v) is 5.38. The van der Waals surface area contributed by atoms with Gasteiger partial charge in [-0.15, -0.1) is 0 Å². The Kier molecular flexibility index (Phi) is 7.00. The summed E-state index contributed by atoms with van der Waals surface area (Å²) in [5.41, 5.74) is 1.23. The Balaban J connectivity index is 1.86. The molecule has 1 atom stereocenters. The summed E-state index contributed by atoms with van der Waals surface area (Å²) in [6, 6.07) is 8.83. The molecule has 4 rings (SSSR count). The molecule has 2 N–H and O–H groups in total. The maximum atomic E-state index is 14.8. The summed E-state index contributed by atoms with van der Waals surface area (Å²) in [4.78, 5) is 19.9. The molecule has 0 saturated heterocycles. The van der Waals surface area contributed by atoms with Gasteiger partial charge in [0.15, 0.2) is 11.5 Å². The Bertz CT molecular complexity index is 1600. The summed E-state index contributed by atoms with van der Waals surface area (Å²) in [7, 11) is -4.02. The van der Waals surface area contributed by atoms with Crippen LogP contribution in [0.4, 0.5) is 10.1 Å². The molecule has 3 aromatic heterocycles. The van der Waals surface area contributed by atoms with Crippen molar-refractivity contribution in [3.63, 3.8) is 0 Å². The van der Waals surface area contributed by atoms with E-state index in [1.807, 2.05) is 27.7 Å². The highest BCUT2D eigenvalue weighted by Crippen LogP contribution is 2.35. The number of pyridine rings is 2. The molecule has 3 heterocycles. The molecule has 11 heteroatoms. The fourth-order valence-electron chi connectivity index (χ4n) is 3.90. The van der Waals surface area contributed by atoms with Crippen molar-refractivity contribution in [2.45, 2.75) is 45.1 Å². The first-order valence-corrected chi connectivity index (χ1v) is 13.2. The van der Waals surface area contributed by atoms with Crippen molar-refractivity contribution in [2.75, 3.05) is 5.32 Å². The molecule has 1 aromatic carbocycles. The molecule has 0 aliphatic carbocycles. The first kappa shape index (κ1) is 26.6. The molecule has 0 radical (unpaired) electrons. The van der Waals surface area contributed by atoms with E-state index in [1.54, 1.807) is 18.2 Å². The zero-order chi connectivity index (χ0) is 27.1. The minimum Gasteiger partial charge on any atom is -0.481 e. The molecule has 0 fully saturated rings. The fraction of sp³-hybridized carbons (Fsp3) is 0.269. The average Bonchev–Trinajstić information content (AvgIpc) is 3.19. The highest BCUT2D eigenvalue weighted by atomic mass is 35.5. The van der Waals surface area contributed by atoms with Crippen LogP contribution >= 0.6 is 11.6 Å². The third-order valence-electron chi connectivity index (χ3n) is 6.04. The lowest BCUT2D eigenvalue weighted by molar-refractivity contribution is -0.137. The molecular weight excluding hydrogens is 519 g/mol. The van der Waals surface area contributed by atoms with E-state index in [0.29, 0.717) is 10.9 Å². The third kappa shape index (κ3) is 5.45. The smallest absolute Gasteiger partial charge is 0.305 e. The van der Waals surface area contributed by atoms with Gasteiger partial charge in [-0.05, 0) is 36.6 Å². The third-order valence-corrected chi connectivity index (χ3v) is 7.91. The van der Waals surface area contributed by atoms with Crippen LogP contribution < -0.4 is 5.32 Å². The molecule has 8 nitrogen and oxygen atoms in total. The largest absolute Gasteiger partial charge is 0.481 e. The van der Waals surface area contributed by atoms with Crippen molar-refractivity contribution in [1.82, 2.24) is 13.9 Å². The standard InChI is InChI=1S/C26H26ClFN4O4S/c1-15-5-7-17(8-6-15)37(35,36)32-14-19(18-9-16(27)12-30-25(18)32)21-10-22(20(28)13-29-21)31-23(11-24(33)34)26(2,3)4/h5-10,12-14,23H,11H2,1-4H3,(H,29,31)(H,33,34)/t23-/m1/s1. The zero-order valence-electron chi connectivity index (χ0n) is 20.7. The monoisotopic (exact) mass is 544 g/mol. The van der Waals surface area contributed by atoms with E-state index in [-0.39, 0.29) is 33.4 Å². The van der Waals surface area contributed by atoms with Crippen LogP contribution in [0.3, 0.4) is 0 Å². The van der Waals surface area contributed by atoms with Crippen molar-refractivity contribution in [3.05, 3.63) is 71.4 Å². The summed E-state index contributed by atoms with van der Waals surface area (Å²) in [6.45, 7) is 7.41. The number of fused-ring (bicyclic) bond motifs is 1. The Morgan fingerprint density at radius 3 is 2.46 bits per heavy atom. The van der Waals surface area contributed by atoms with Gasteiger partial charge in [0.25, 0.3) is 10.0 Å². The van der Waals surface area contributed by atoms with Gasteiger partial charge in [-0.1, -0.05) is 50.1 Å². The summed E-state index contributed by atoms with van der Waals surface area (Å²) in [5.74, 6) is -1.69. The molecule has 0 aliphatic rings. The van der Waals surface area contributed by atoms with E-state index >= 15 is 0 Å². The van der Waals surface area contributed by atoms with Crippen LogP contribution in [0.5, 0.6) is 0 Å². The van der Waals surface area contributed by atoms with Crippen molar-refractivity contribution in [1.29, 1.82) is 0 Å². The van der Waals surface area contributed by atoms with Crippen LogP contribution in [0, 0.1) is 18.2 Å². The van der Waals surface area contributed by atoms with Crippen molar-refractivity contribution in [3.8, 4) is 11.3 Å². The van der Waals surface area contributed by atoms with E-state index in [9.17, 15) is 22.7 Å². The van der Waals surface area contributed by atoms with Gasteiger partial charge in [0, 0.05) is 29.4 Å². The summed E-state index contributed by atoms with van der Waals surface area (Å²) >= 11 is 6.19. The molecule has 0 bridgehead atoms. The van der Waals surface area contributed by atoms with E-state index in [1.165, 1.54) is 30.6 Å². The average molecular weight is 545 g/mol. The minimum atomic E-state index is -4.02. The first-order chi connectivity index (χ1) is 17.3. The summed E-state index contributed by atoms with van der Waals surface area (Å²) < 4.78 is 42.9. The minimum absolute atomic E-state index is 0.0449. The molecule has 194 valence electrons. The van der Waals surface area contributed by atoms with Gasteiger partial charge < -0.3 is 10.4 Å². The number of carboxylic acid groups (broad SMARTS) is 1. The highest BCUT2D eigenvalue weighted by Gasteiger charge is 2.29. The molecule has 0 amide bonds. The number of anilines is 1. The predicted molar refractivity (Wildman–Crippen MR) is 141 cm³/mol. The molecule has 0 saturated carbocycles. The topological polar surface area (TPSA) is 114 Å². The normalized spacial score (nSPS) is 13.0. The van der Waals surface area contributed by atoms with E-state index in [0.717, 1.165) is 15.7 Å². The quantitative estimate of drug-likeness (QED) is 0.305. The number of halogens is 2. The number of hydrogen-bond donors (Lipinski definition) is 2. The van der Waals surface area contributed by atoms with Gasteiger partial charge in [-0.2, -0.15) is 0 Å². The first-order valence-electron chi connectivity index (χ1n) is 11.4. The van der Waals surface area contributed by atoms with Gasteiger partial charge in [0.2, 0.25) is 0 Å². The maximum absolute atomic E-state index is 14.8. The number of aryl methyl sites for hydroxylation is 1. The maximum Gasteiger partial charge on any atom is 0.305 e. The SMILES string of the molecule is Cc1ccc(S(=O)(=O)n2cc(-c3cc(N[C@H](CC(=O)O)C(C)(C)C)c(F)cn3)c3cc(Cl)cnc32)cc1. The van der Waals surface area contributed by atoms with Crippen LogP contribution in [0.1, 0.15) is 32.8 Å². The number of aliphatic carboxylic acids is 1. The molecule has 0 spiro atoms. The van der Waals surface area contributed by atoms with Crippen LogP contribution in [0.15, 0.2) is 59.9 Å². The molecule has 0 aliphatic heterocycles. The second-order valence-corrected chi connectivity index (χ2v) is 12.1. The number of nitrogens with zero attached hydrogens (tertiary/aromatic N) is 3. The highest BCUT2D eigenvalue weighted by molar-refractivity contribution is 7.90. The van der Waals surface area contributed by atoms with Gasteiger partial charge in [-0.25, -0.2) is 21.8 Å². The lowest BCUT2D eigenvalue weighted by Crippen LogP contribution is -2.36. The van der Waals surface area contributed by atoms with Crippen molar-refractivity contribution < 1.29 is 22.7 Å². The summed E-state index contributed by atoms with van der Waals surface area (Å²) in [5, 5.41) is 13.0. The Morgan fingerprint density at radius 2 is 1.84 bits per heavy atom. The Morgan fingerprint density at radius 1 is 1.16 bits per heavy atom. The van der Waals surface area contributed by atoms with E-state index in [4.69, 9.17) is 11.6 Å². The van der Waals surface area contributed by atoms with Crippen molar-refractivity contribution in [2.24, 2.45) is 5.41 Å². The zero-order valence-corrected chi connectivity index (χ0v) is 22.2. The number of hydrogen-bond acceptors (Lipinski definition) is 6. The number of aromatic nitrogens is 3. The van der Waals surface area contributed by atoms with Gasteiger partial charge in [0.05, 0.1) is 33.9 Å². The predicted octanol–water partition coefficient (Wildman–Crippen LogP) is 5.74. The lowest BCUT2D eigenvalue weighted by Gasteiger charge is -2.31. The van der Waals surface area contributed by atoms with Crippen LogP contribution in [-0.4, -0.2) is 39.5 Å². The molecule has 0 unspecified atom stereocenters. The Hall–Kier alpha value is -3.50. The lowest BCUT2D eigenvalue weighted by atomic mass is 9.84. The van der Waals surface area contributed by atoms with Crippen LogP contribution in [0.2, 0.25) is 5.02 Å². The number of rotatable bonds is 7.